The van der Waals surface area contributed by atoms with E-state index in [9.17, 15) is 4.79 Å². The number of carbonyl (C=O) groups is 1. The quantitative estimate of drug-likeness (QED) is 0.879. The third-order valence-corrected chi connectivity index (χ3v) is 3.84. The first-order valence-corrected chi connectivity index (χ1v) is 7.16. The lowest BCUT2D eigenvalue weighted by atomic mass is 10.1. The van der Waals surface area contributed by atoms with Gasteiger partial charge in [-0.2, -0.15) is 0 Å². The highest BCUT2D eigenvalue weighted by Crippen LogP contribution is 2.27. The maximum atomic E-state index is 12.1. The molecule has 1 N–H and O–H groups in total. The number of para-hydroxylation sites is 1. The van der Waals surface area contributed by atoms with Gasteiger partial charge in [0.1, 0.15) is 16.5 Å². The fourth-order valence-electron chi connectivity index (χ4n) is 2.22. The van der Waals surface area contributed by atoms with Gasteiger partial charge in [-0.25, -0.2) is 4.98 Å². The number of hydrogen-bond donors (Lipinski definition) is 1. The van der Waals surface area contributed by atoms with Crippen molar-refractivity contribution in [1.29, 1.82) is 0 Å². The van der Waals surface area contributed by atoms with Gasteiger partial charge in [0.2, 0.25) is 0 Å². The van der Waals surface area contributed by atoms with Crippen molar-refractivity contribution >= 4 is 21.8 Å². The van der Waals surface area contributed by atoms with Crippen molar-refractivity contribution in [3.8, 4) is 5.75 Å². The molecule has 0 saturated carbocycles. The number of nitrogens with one attached hydrogen (secondary N) is 1. The van der Waals surface area contributed by atoms with Crippen LogP contribution in [0.1, 0.15) is 15.9 Å². The van der Waals surface area contributed by atoms with Crippen LogP contribution in [-0.4, -0.2) is 23.5 Å². The van der Waals surface area contributed by atoms with Crippen LogP contribution in [0.4, 0.5) is 0 Å². The van der Waals surface area contributed by atoms with E-state index in [0.29, 0.717) is 16.7 Å². The van der Waals surface area contributed by atoms with E-state index in [1.165, 1.54) is 5.56 Å². The number of fused-ring (bicyclic) bond motifs is 1. The molecule has 1 aromatic carbocycles. The SMILES string of the molecule is O=C(NCC1Cc2ccccc2O1)c1cccnc1Br. The van der Waals surface area contributed by atoms with E-state index in [1.54, 1.807) is 18.3 Å². The second-order valence-electron chi connectivity index (χ2n) is 4.60. The monoisotopic (exact) mass is 332 g/mol. The van der Waals surface area contributed by atoms with Gasteiger partial charge in [-0.3, -0.25) is 4.79 Å². The maximum absolute atomic E-state index is 12.1. The Bertz CT molecular complexity index is 620. The third-order valence-electron chi connectivity index (χ3n) is 3.21. The molecule has 5 heteroatoms. The lowest BCUT2D eigenvalue weighted by Gasteiger charge is -2.12. The van der Waals surface area contributed by atoms with Crippen molar-refractivity contribution in [3.05, 3.63) is 58.3 Å². The summed E-state index contributed by atoms with van der Waals surface area (Å²) in [7, 11) is 0. The number of rotatable bonds is 3. The van der Waals surface area contributed by atoms with Crippen LogP contribution in [0, 0.1) is 0 Å². The number of halogens is 1. The van der Waals surface area contributed by atoms with Gasteiger partial charge in [0.05, 0.1) is 12.1 Å². The van der Waals surface area contributed by atoms with Crippen LogP contribution >= 0.6 is 15.9 Å². The van der Waals surface area contributed by atoms with Gasteiger partial charge < -0.3 is 10.1 Å². The molecular weight excluding hydrogens is 320 g/mol. The standard InChI is InChI=1S/C15H13BrN2O2/c16-14-12(5-3-7-17-14)15(19)18-9-11-8-10-4-1-2-6-13(10)20-11/h1-7,11H,8-9H2,(H,18,19). The predicted octanol–water partition coefficient (Wildman–Crippen LogP) is 2.58. The smallest absolute Gasteiger partial charge is 0.254 e. The van der Waals surface area contributed by atoms with Gasteiger partial charge >= 0.3 is 0 Å². The molecule has 0 radical (unpaired) electrons. The number of amides is 1. The molecule has 1 amide bonds. The fourth-order valence-corrected chi connectivity index (χ4v) is 2.66. The summed E-state index contributed by atoms with van der Waals surface area (Å²) in [6.45, 7) is 0.481. The van der Waals surface area contributed by atoms with Gasteiger partial charge in [-0.1, -0.05) is 18.2 Å². The molecule has 20 heavy (non-hydrogen) atoms. The van der Waals surface area contributed by atoms with Gasteiger partial charge in [0.15, 0.2) is 0 Å². The van der Waals surface area contributed by atoms with Crippen LogP contribution in [0.25, 0.3) is 0 Å². The molecule has 1 aromatic heterocycles. The minimum atomic E-state index is -0.149. The molecule has 1 aliphatic rings. The predicted molar refractivity (Wildman–Crippen MR) is 78.8 cm³/mol. The van der Waals surface area contributed by atoms with E-state index in [4.69, 9.17) is 4.74 Å². The lowest BCUT2D eigenvalue weighted by Crippen LogP contribution is -2.34. The zero-order valence-corrected chi connectivity index (χ0v) is 12.3. The molecule has 3 rings (SSSR count). The molecule has 1 unspecified atom stereocenters. The zero-order chi connectivity index (χ0) is 13.9. The zero-order valence-electron chi connectivity index (χ0n) is 10.7. The van der Waals surface area contributed by atoms with Crippen LogP contribution in [0.3, 0.4) is 0 Å². The van der Waals surface area contributed by atoms with Crippen molar-refractivity contribution in [2.45, 2.75) is 12.5 Å². The largest absolute Gasteiger partial charge is 0.488 e. The van der Waals surface area contributed by atoms with Crippen molar-refractivity contribution in [2.75, 3.05) is 6.54 Å². The number of benzene rings is 1. The van der Waals surface area contributed by atoms with E-state index in [2.05, 4.69) is 32.3 Å². The van der Waals surface area contributed by atoms with E-state index >= 15 is 0 Å². The number of nitrogens with zero attached hydrogens (tertiary/aromatic N) is 1. The summed E-state index contributed by atoms with van der Waals surface area (Å²) in [6, 6.07) is 11.4. The summed E-state index contributed by atoms with van der Waals surface area (Å²) in [5.74, 6) is 0.763. The molecular formula is C15H13BrN2O2. The molecule has 0 saturated heterocycles. The average molecular weight is 333 g/mol. The highest BCUT2D eigenvalue weighted by atomic mass is 79.9. The molecule has 0 spiro atoms. The molecule has 102 valence electrons. The van der Waals surface area contributed by atoms with Crippen LogP contribution in [0.5, 0.6) is 5.75 Å². The van der Waals surface area contributed by atoms with E-state index in [0.717, 1.165) is 12.2 Å². The molecule has 1 atom stereocenters. The minimum absolute atomic E-state index is 0.00760. The first-order chi connectivity index (χ1) is 9.74. The summed E-state index contributed by atoms with van der Waals surface area (Å²) in [5, 5.41) is 2.88. The van der Waals surface area contributed by atoms with Crippen molar-refractivity contribution in [2.24, 2.45) is 0 Å². The van der Waals surface area contributed by atoms with Gasteiger partial charge in [0, 0.05) is 12.6 Å². The summed E-state index contributed by atoms with van der Waals surface area (Å²) in [5.41, 5.74) is 1.72. The molecule has 2 aromatic rings. The van der Waals surface area contributed by atoms with E-state index in [-0.39, 0.29) is 12.0 Å². The number of ether oxygens (including phenoxy) is 1. The van der Waals surface area contributed by atoms with Crippen molar-refractivity contribution in [1.82, 2.24) is 10.3 Å². The first kappa shape index (κ1) is 13.1. The Labute approximate surface area is 125 Å². The Morgan fingerprint density at radius 2 is 2.20 bits per heavy atom. The number of aromatic nitrogens is 1. The van der Waals surface area contributed by atoms with Gasteiger partial charge in [-0.05, 0) is 39.7 Å². The molecule has 1 aliphatic heterocycles. The first-order valence-electron chi connectivity index (χ1n) is 6.37. The lowest BCUT2D eigenvalue weighted by molar-refractivity contribution is 0.0932. The van der Waals surface area contributed by atoms with Crippen LogP contribution in [0.2, 0.25) is 0 Å². The van der Waals surface area contributed by atoms with Crippen LogP contribution in [0.15, 0.2) is 47.2 Å². The van der Waals surface area contributed by atoms with Crippen molar-refractivity contribution < 1.29 is 9.53 Å². The highest BCUT2D eigenvalue weighted by Gasteiger charge is 2.23. The van der Waals surface area contributed by atoms with Crippen LogP contribution < -0.4 is 10.1 Å². The van der Waals surface area contributed by atoms with E-state index in [1.807, 2.05) is 18.2 Å². The second kappa shape index (κ2) is 5.63. The van der Waals surface area contributed by atoms with Crippen molar-refractivity contribution in [3.63, 3.8) is 0 Å². The molecule has 0 aliphatic carbocycles. The van der Waals surface area contributed by atoms with E-state index < -0.39 is 0 Å². The Hall–Kier alpha value is -1.88. The fraction of sp³-hybridized carbons (Fsp3) is 0.200. The summed E-state index contributed by atoms with van der Waals surface area (Å²) in [4.78, 5) is 16.1. The van der Waals surface area contributed by atoms with Gasteiger partial charge in [-0.15, -0.1) is 0 Å². The number of hydrogen-bond acceptors (Lipinski definition) is 3. The summed E-state index contributed by atoms with van der Waals surface area (Å²) < 4.78 is 6.33. The Kier molecular flexibility index (Phi) is 3.69. The topological polar surface area (TPSA) is 51.2 Å². The van der Waals surface area contributed by atoms with Crippen LogP contribution in [-0.2, 0) is 6.42 Å². The summed E-state index contributed by atoms with van der Waals surface area (Å²) in [6.07, 6.45) is 2.45. The Morgan fingerprint density at radius 3 is 3.00 bits per heavy atom. The average Bonchev–Trinajstić information content (AvgIpc) is 2.88. The minimum Gasteiger partial charge on any atom is -0.488 e. The molecule has 2 heterocycles. The summed E-state index contributed by atoms with van der Waals surface area (Å²) >= 11 is 3.27. The molecule has 4 nitrogen and oxygen atoms in total. The highest BCUT2D eigenvalue weighted by molar-refractivity contribution is 9.10. The Balaban J connectivity index is 1.59. The second-order valence-corrected chi connectivity index (χ2v) is 5.35. The third kappa shape index (κ3) is 2.67. The molecule has 0 fully saturated rings. The normalized spacial score (nSPS) is 16.4. The number of carbonyl (C=O) groups excluding carboxylic acids is 1. The van der Waals surface area contributed by atoms with Gasteiger partial charge in [0.25, 0.3) is 5.91 Å². The number of pyridine rings is 1. The molecule has 0 bridgehead atoms. The Morgan fingerprint density at radius 1 is 1.35 bits per heavy atom. The maximum Gasteiger partial charge on any atom is 0.254 e.